The Bertz CT molecular complexity index is 1110. The maximum atomic E-state index is 14.7. The van der Waals surface area contributed by atoms with Crippen molar-refractivity contribution in [1.29, 1.82) is 10.7 Å². The molecule has 0 radical (unpaired) electrons. The van der Waals surface area contributed by atoms with Crippen molar-refractivity contribution in [3.05, 3.63) is 75.7 Å². The molecule has 1 aromatic heterocycles. The van der Waals surface area contributed by atoms with Gasteiger partial charge in [0, 0.05) is 22.1 Å². The molecule has 28 heavy (non-hydrogen) atoms. The molecular formula is C21H16ClFN4O. The standard InChI is InChI=1S/C21H16ClFN4O/c1-11-6-8-13(9-7-11)27-21-17(12(2)26-27)18(14(10-24)20(25)28-21)19-15(22)4-3-5-16(19)23/h3-9,14,18,25H,1-2H3. The SMILES string of the molecule is Cc1ccc(-n2nc(C)c3c2OC(=N)C(C#N)C3c2c(F)cccc2Cl)cc1. The second-order valence-corrected chi connectivity index (χ2v) is 7.14. The summed E-state index contributed by atoms with van der Waals surface area (Å²) in [4.78, 5) is 0. The van der Waals surface area contributed by atoms with Crippen LogP contribution in [0.1, 0.15) is 28.3 Å². The molecule has 1 aliphatic heterocycles. The van der Waals surface area contributed by atoms with Crippen LogP contribution in [-0.2, 0) is 0 Å². The molecule has 0 aliphatic carbocycles. The highest BCUT2D eigenvalue weighted by atomic mass is 35.5. The van der Waals surface area contributed by atoms with Crippen LogP contribution in [0.5, 0.6) is 5.88 Å². The molecule has 5 nitrogen and oxygen atoms in total. The zero-order valence-corrected chi connectivity index (χ0v) is 16.0. The Kier molecular flexibility index (Phi) is 4.40. The molecule has 0 saturated carbocycles. The number of nitrogens with zero attached hydrogens (tertiary/aromatic N) is 3. The predicted octanol–water partition coefficient (Wildman–Crippen LogP) is 4.92. The summed E-state index contributed by atoms with van der Waals surface area (Å²) in [6.07, 6.45) is 0. The normalized spacial score (nSPS) is 18.3. The monoisotopic (exact) mass is 394 g/mol. The van der Waals surface area contributed by atoms with Crippen molar-refractivity contribution in [2.24, 2.45) is 5.92 Å². The number of nitrogens with one attached hydrogen (secondary N) is 1. The molecule has 7 heteroatoms. The topological polar surface area (TPSA) is 74.7 Å². The molecule has 2 heterocycles. The molecule has 1 aliphatic rings. The zero-order chi connectivity index (χ0) is 20.0. The highest BCUT2D eigenvalue weighted by Crippen LogP contribution is 2.47. The van der Waals surface area contributed by atoms with Crippen LogP contribution in [0, 0.1) is 42.3 Å². The first-order valence-corrected chi connectivity index (χ1v) is 9.06. The number of fused-ring (bicyclic) bond motifs is 1. The maximum absolute atomic E-state index is 14.7. The summed E-state index contributed by atoms with van der Waals surface area (Å²) in [5.74, 6) is -2.26. The number of hydrogen-bond donors (Lipinski definition) is 1. The summed E-state index contributed by atoms with van der Waals surface area (Å²) in [5.41, 5.74) is 3.17. The second-order valence-electron chi connectivity index (χ2n) is 6.74. The number of ether oxygens (including phenoxy) is 1. The van der Waals surface area contributed by atoms with Crippen molar-refractivity contribution < 1.29 is 9.13 Å². The van der Waals surface area contributed by atoms with Gasteiger partial charge in [0.05, 0.1) is 17.5 Å². The van der Waals surface area contributed by atoms with Crippen molar-refractivity contribution in [2.75, 3.05) is 0 Å². The summed E-state index contributed by atoms with van der Waals surface area (Å²) < 4.78 is 22.0. The van der Waals surface area contributed by atoms with Crippen LogP contribution in [0.4, 0.5) is 4.39 Å². The van der Waals surface area contributed by atoms with Crippen LogP contribution >= 0.6 is 11.6 Å². The molecule has 3 aromatic rings. The molecule has 2 aromatic carbocycles. The Morgan fingerprint density at radius 2 is 1.89 bits per heavy atom. The van der Waals surface area contributed by atoms with Crippen LogP contribution in [0.25, 0.3) is 5.69 Å². The van der Waals surface area contributed by atoms with E-state index in [-0.39, 0.29) is 16.5 Å². The van der Waals surface area contributed by atoms with Gasteiger partial charge in [-0.25, -0.2) is 9.07 Å². The third-order valence-corrected chi connectivity index (χ3v) is 5.25. The Labute approximate surface area is 166 Å². The highest BCUT2D eigenvalue weighted by molar-refractivity contribution is 6.31. The van der Waals surface area contributed by atoms with Gasteiger partial charge in [-0.3, -0.25) is 5.41 Å². The first-order valence-electron chi connectivity index (χ1n) is 8.68. The average Bonchev–Trinajstić information content (AvgIpc) is 2.98. The number of aryl methyl sites for hydroxylation is 2. The number of aromatic nitrogens is 2. The van der Waals surface area contributed by atoms with Gasteiger partial charge in [0.25, 0.3) is 0 Å². The van der Waals surface area contributed by atoms with E-state index in [0.717, 1.165) is 11.3 Å². The molecule has 0 fully saturated rings. The van der Waals surface area contributed by atoms with Gasteiger partial charge in [-0.2, -0.15) is 10.4 Å². The lowest BCUT2D eigenvalue weighted by Gasteiger charge is -2.29. The van der Waals surface area contributed by atoms with Crippen molar-refractivity contribution in [3.63, 3.8) is 0 Å². The van der Waals surface area contributed by atoms with E-state index in [0.29, 0.717) is 17.1 Å². The molecule has 0 bridgehead atoms. The van der Waals surface area contributed by atoms with Crippen LogP contribution in [0.2, 0.25) is 5.02 Å². The van der Waals surface area contributed by atoms with E-state index in [1.807, 2.05) is 31.2 Å². The van der Waals surface area contributed by atoms with Gasteiger partial charge in [0.2, 0.25) is 11.8 Å². The number of benzene rings is 2. The van der Waals surface area contributed by atoms with Crippen molar-refractivity contribution in [1.82, 2.24) is 9.78 Å². The van der Waals surface area contributed by atoms with Gasteiger partial charge < -0.3 is 4.74 Å². The summed E-state index contributed by atoms with van der Waals surface area (Å²) >= 11 is 6.30. The van der Waals surface area contributed by atoms with E-state index in [2.05, 4.69) is 11.2 Å². The Morgan fingerprint density at radius 1 is 1.18 bits per heavy atom. The fourth-order valence-corrected chi connectivity index (χ4v) is 3.85. The van der Waals surface area contributed by atoms with Crippen molar-refractivity contribution in [2.45, 2.75) is 19.8 Å². The average molecular weight is 395 g/mol. The van der Waals surface area contributed by atoms with Gasteiger partial charge in [-0.15, -0.1) is 0 Å². The van der Waals surface area contributed by atoms with Crippen LogP contribution in [-0.4, -0.2) is 15.7 Å². The molecule has 0 amide bonds. The molecule has 1 N–H and O–H groups in total. The molecule has 0 spiro atoms. The van der Waals surface area contributed by atoms with E-state index < -0.39 is 17.7 Å². The molecule has 2 unspecified atom stereocenters. The first kappa shape index (κ1) is 18.2. The summed E-state index contributed by atoms with van der Waals surface area (Å²) in [6.45, 7) is 3.76. The number of nitriles is 1. The smallest absolute Gasteiger partial charge is 0.228 e. The molecule has 4 rings (SSSR count). The predicted molar refractivity (Wildman–Crippen MR) is 104 cm³/mol. The molecule has 140 valence electrons. The summed E-state index contributed by atoms with van der Waals surface area (Å²) in [7, 11) is 0. The third-order valence-electron chi connectivity index (χ3n) is 4.92. The Hall–Kier alpha value is -3.17. The lowest BCUT2D eigenvalue weighted by atomic mass is 9.79. The van der Waals surface area contributed by atoms with Gasteiger partial charge in [0.15, 0.2) is 0 Å². The quantitative estimate of drug-likeness (QED) is 0.670. The fourth-order valence-electron chi connectivity index (χ4n) is 3.57. The lowest BCUT2D eigenvalue weighted by molar-refractivity contribution is 0.419. The number of halogens is 2. The third kappa shape index (κ3) is 2.76. The lowest BCUT2D eigenvalue weighted by Crippen LogP contribution is -2.32. The minimum Gasteiger partial charge on any atom is -0.423 e. The van der Waals surface area contributed by atoms with Gasteiger partial charge in [0.1, 0.15) is 11.7 Å². The number of rotatable bonds is 2. The highest BCUT2D eigenvalue weighted by Gasteiger charge is 2.43. The van der Waals surface area contributed by atoms with Crippen LogP contribution < -0.4 is 4.74 Å². The second kappa shape index (κ2) is 6.77. The summed E-state index contributed by atoms with van der Waals surface area (Å²) in [6, 6.07) is 14.1. The van der Waals surface area contributed by atoms with E-state index >= 15 is 0 Å². The molecule has 2 atom stereocenters. The largest absolute Gasteiger partial charge is 0.423 e. The van der Waals surface area contributed by atoms with Gasteiger partial charge in [-0.05, 0) is 38.1 Å². The fraction of sp³-hybridized carbons (Fsp3) is 0.190. The van der Waals surface area contributed by atoms with Gasteiger partial charge in [-0.1, -0.05) is 35.4 Å². The van der Waals surface area contributed by atoms with E-state index in [1.165, 1.54) is 12.1 Å². The van der Waals surface area contributed by atoms with Crippen molar-refractivity contribution >= 4 is 17.5 Å². The minimum absolute atomic E-state index is 0.177. The molecule has 0 saturated heterocycles. The van der Waals surface area contributed by atoms with E-state index in [4.69, 9.17) is 21.7 Å². The van der Waals surface area contributed by atoms with E-state index in [1.54, 1.807) is 17.7 Å². The van der Waals surface area contributed by atoms with Crippen LogP contribution in [0.3, 0.4) is 0 Å². The van der Waals surface area contributed by atoms with E-state index in [9.17, 15) is 9.65 Å². The Morgan fingerprint density at radius 3 is 2.54 bits per heavy atom. The van der Waals surface area contributed by atoms with Crippen molar-refractivity contribution in [3.8, 4) is 17.6 Å². The van der Waals surface area contributed by atoms with Crippen LogP contribution in [0.15, 0.2) is 42.5 Å². The summed E-state index contributed by atoms with van der Waals surface area (Å²) in [5, 5.41) is 22.7. The Balaban J connectivity index is 1.98. The maximum Gasteiger partial charge on any atom is 0.228 e. The minimum atomic E-state index is -1.00. The first-order chi connectivity index (χ1) is 13.4. The zero-order valence-electron chi connectivity index (χ0n) is 15.2. The number of hydrogen-bond acceptors (Lipinski definition) is 4. The van der Waals surface area contributed by atoms with Gasteiger partial charge >= 0.3 is 0 Å². The molecular weight excluding hydrogens is 379 g/mol.